The van der Waals surface area contributed by atoms with Gasteiger partial charge in [-0.2, -0.15) is 0 Å². The van der Waals surface area contributed by atoms with Crippen LogP contribution in [0.1, 0.15) is 0 Å². The number of rotatable bonds is 4. The third-order valence-corrected chi connectivity index (χ3v) is 5.25. The Morgan fingerprint density at radius 1 is 0.848 bits per heavy atom. The van der Waals surface area contributed by atoms with Gasteiger partial charge in [-0.05, 0) is 23.8 Å². The van der Waals surface area contributed by atoms with E-state index in [0.717, 1.165) is 24.3 Å². The maximum atomic E-state index is 13.2. The van der Waals surface area contributed by atoms with Crippen molar-refractivity contribution in [1.82, 2.24) is 0 Å². The number of phenols is 4. The summed E-state index contributed by atoms with van der Waals surface area (Å²) in [6.45, 7) is -0.577. The van der Waals surface area contributed by atoms with Crippen molar-refractivity contribution in [3.05, 3.63) is 40.6 Å². The number of hydrogen-bond acceptors (Lipinski definition) is 12. The van der Waals surface area contributed by atoms with Gasteiger partial charge in [-0.15, -0.1) is 0 Å². The smallest absolute Gasteiger partial charge is 0.297 e. The van der Waals surface area contributed by atoms with E-state index in [1.165, 1.54) is 6.07 Å². The van der Waals surface area contributed by atoms with Crippen LogP contribution in [0.15, 0.2) is 39.5 Å². The minimum Gasteiger partial charge on any atom is -0.508 e. The van der Waals surface area contributed by atoms with Crippen LogP contribution in [0.2, 0.25) is 0 Å². The van der Waals surface area contributed by atoms with E-state index in [9.17, 15) is 45.6 Å². The highest BCUT2D eigenvalue weighted by Gasteiger charge is 2.43. The molecule has 5 atom stereocenters. The lowest BCUT2D eigenvalue weighted by Gasteiger charge is -2.37. The lowest BCUT2D eigenvalue weighted by Crippen LogP contribution is -2.58. The van der Waals surface area contributed by atoms with Crippen molar-refractivity contribution in [2.45, 2.75) is 30.7 Å². The lowest BCUT2D eigenvalue weighted by molar-refractivity contribution is -0.285. The molecule has 0 spiro atoms. The summed E-state index contributed by atoms with van der Waals surface area (Å²) >= 11 is 0. The number of aromatic hydroxyl groups is 4. The molecule has 12 heteroatoms. The third kappa shape index (κ3) is 4.01. The number of aliphatic hydroxyl groups excluding tert-OH is 4. The summed E-state index contributed by atoms with van der Waals surface area (Å²) in [5.41, 5.74) is -1.34. The molecule has 0 radical (unpaired) electrons. The van der Waals surface area contributed by atoms with E-state index in [2.05, 4.69) is 0 Å². The summed E-state index contributed by atoms with van der Waals surface area (Å²) < 4.78 is 16.1. The second kappa shape index (κ2) is 8.42. The normalized spacial score (nSPS) is 25.3. The average molecular weight is 464 g/mol. The van der Waals surface area contributed by atoms with E-state index in [-0.39, 0.29) is 22.1 Å². The highest BCUT2D eigenvalue weighted by molar-refractivity contribution is 5.89. The molecule has 176 valence electrons. The van der Waals surface area contributed by atoms with E-state index in [1.54, 1.807) is 0 Å². The molecule has 4 rings (SSSR count). The van der Waals surface area contributed by atoms with Crippen LogP contribution < -0.4 is 10.2 Å². The van der Waals surface area contributed by atoms with Crippen molar-refractivity contribution in [3.8, 4) is 40.1 Å². The molecule has 0 amide bonds. The minimum atomic E-state index is -1.82. The van der Waals surface area contributed by atoms with Crippen LogP contribution in [0.5, 0.6) is 28.9 Å². The average Bonchev–Trinajstić information content (AvgIpc) is 2.76. The molecular formula is C21H20O12. The van der Waals surface area contributed by atoms with E-state index in [1.807, 2.05) is 0 Å². The zero-order valence-electron chi connectivity index (χ0n) is 16.7. The van der Waals surface area contributed by atoms with Gasteiger partial charge in [0.1, 0.15) is 42.3 Å². The van der Waals surface area contributed by atoms with Crippen LogP contribution in [0.3, 0.4) is 0 Å². The molecule has 0 bridgehead atoms. The Morgan fingerprint density at radius 2 is 1.58 bits per heavy atom. The molecule has 1 aromatic heterocycles. The first-order valence-electron chi connectivity index (χ1n) is 9.64. The second-order valence-electron chi connectivity index (χ2n) is 7.49. The maximum Gasteiger partial charge on any atom is 0.297 e. The highest BCUT2D eigenvalue weighted by Crippen LogP contribution is 2.38. The fourth-order valence-corrected chi connectivity index (χ4v) is 3.50. The number of fused-ring (bicyclic) bond motifs is 1. The van der Waals surface area contributed by atoms with Crippen LogP contribution in [0.4, 0.5) is 0 Å². The second-order valence-corrected chi connectivity index (χ2v) is 7.49. The Balaban J connectivity index is 1.81. The number of ether oxygens (including phenoxy) is 2. The van der Waals surface area contributed by atoms with Crippen LogP contribution >= 0.6 is 0 Å². The molecule has 1 aliphatic rings. The summed E-state index contributed by atoms with van der Waals surface area (Å²) in [5.74, 6) is -2.50. The van der Waals surface area contributed by atoms with E-state index < -0.39 is 71.7 Å². The predicted molar refractivity (Wildman–Crippen MR) is 109 cm³/mol. The zero-order chi connectivity index (χ0) is 24.0. The first-order chi connectivity index (χ1) is 15.6. The maximum absolute atomic E-state index is 13.2. The fourth-order valence-electron chi connectivity index (χ4n) is 3.50. The highest BCUT2D eigenvalue weighted by atomic mass is 16.7. The van der Waals surface area contributed by atoms with Gasteiger partial charge < -0.3 is 54.7 Å². The Morgan fingerprint density at radius 3 is 2.27 bits per heavy atom. The molecule has 2 heterocycles. The molecule has 1 saturated heterocycles. The monoisotopic (exact) mass is 464 g/mol. The van der Waals surface area contributed by atoms with Gasteiger partial charge in [0, 0.05) is 6.07 Å². The summed E-state index contributed by atoms with van der Waals surface area (Å²) in [6, 6.07) is 5.43. The Hall–Kier alpha value is -3.55. The Kier molecular flexibility index (Phi) is 5.78. The van der Waals surface area contributed by atoms with Gasteiger partial charge in [0.25, 0.3) is 5.95 Å². The number of phenolic OH excluding ortho intramolecular Hbond substituents is 4. The van der Waals surface area contributed by atoms with Crippen molar-refractivity contribution >= 4 is 11.0 Å². The summed E-state index contributed by atoms with van der Waals surface area (Å²) in [7, 11) is 0. The van der Waals surface area contributed by atoms with E-state index in [0.29, 0.717) is 0 Å². The molecule has 2 aromatic carbocycles. The number of hydrogen-bond donors (Lipinski definition) is 8. The lowest BCUT2D eigenvalue weighted by atomic mass is 9.99. The number of benzene rings is 2. The SMILES string of the molecule is O=c1c(-c2ccc(O)c(O)c2)c(OCC2OC(O)C(O)C(O)C2O)oc2c(O)cc(O)cc12. The van der Waals surface area contributed by atoms with Crippen LogP contribution in [0.25, 0.3) is 22.1 Å². The van der Waals surface area contributed by atoms with Crippen LogP contribution in [-0.2, 0) is 4.74 Å². The topological polar surface area (TPSA) is 211 Å². The molecule has 0 saturated carbocycles. The Labute approximate surface area is 184 Å². The van der Waals surface area contributed by atoms with E-state index in [4.69, 9.17) is 13.9 Å². The minimum absolute atomic E-state index is 0.0411. The number of aliphatic hydroxyl groups is 4. The molecule has 5 unspecified atom stereocenters. The van der Waals surface area contributed by atoms with Gasteiger partial charge in [0.15, 0.2) is 29.1 Å². The zero-order valence-corrected chi connectivity index (χ0v) is 16.7. The van der Waals surface area contributed by atoms with Crippen molar-refractivity contribution < 1.29 is 54.7 Å². The van der Waals surface area contributed by atoms with Gasteiger partial charge in [-0.25, -0.2) is 0 Å². The van der Waals surface area contributed by atoms with E-state index >= 15 is 0 Å². The summed E-state index contributed by atoms with van der Waals surface area (Å²) in [5, 5.41) is 78.3. The molecule has 1 aliphatic heterocycles. The molecule has 0 aliphatic carbocycles. The standard InChI is InChI=1S/C21H20O12/c22-8-4-9-15(26)14(7-1-2-10(23)11(24)3-7)21(33-19(9)12(25)5-8)31-6-13-16(27)17(28)18(29)20(30)32-13/h1-5,13,16-18,20,22-25,27-30H,6H2. The quantitative estimate of drug-likeness (QED) is 0.229. The Bertz CT molecular complexity index is 1250. The van der Waals surface area contributed by atoms with Gasteiger partial charge in [0.05, 0.1) is 5.39 Å². The largest absolute Gasteiger partial charge is 0.508 e. The third-order valence-electron chi connectivity index (χ3n) is 5.25. The first kappa shape index (κ1) is 22.6. The first-order valence-corrected chi connectivity index (χ1v) is 9.64. The van der Waals surface area contributed by atoms with Gasteiger partial charge >= 0.3 is 0 Å². The molecule has 12 nitrogen and oxygen atoms in total. The van der Waals surface area contributed by atoms with Crippen molar-refractivity contribution in [3.63, 3.8) is 0 Å². The van der Waals surface area contributed by atoms with Crippen LogP contribution in [0, 0.1) is 0 Å². The molecule has 1 fully saturated rings. The summed E-state index contributed by atoms with van der Waals surface area (Å²) in [4.78, 5) is 13.2. The van der Waals surface area contributed by atoms with Crippen molar-refractivity contribution in [2.75, 3.05) is 6.61 Å². The summed E-state index contributed by atoms with van der Waals surface area (Å²) in [6.07, 6.45) is -8.33. The van der Waals surface area contributed by atoms with Crippen molar-refractivity contribution in [1.29, 1.82) is 0 Å². The van der Waals surface area contributed by atoms with Gasteiger partial charge in [-0.1, -0.05) is 6.07 Å². The van der Waals surface area contributed by atoms with Crippen molar-refractivity contribution in [2.24, 2.45) is 0 Å². The fraction of sp³-hybridized carbons (Fsp3) is 0.286. The predicted octanol–water partition coefficient (Wildman–Crippen LogP) is -0.539. The molecular weight excluding hydrogens is 444 g/mol. The molecule has 3 aromatic rings. The van der Waals surface area contributed by atoms with Gasteiger partial charge in [-0.3, -0.25) is 4.79 Å². The van der Waals surface area contributed by atoms with Gasteiger partial charge in [0.2, 0.25) is 5.43 Å². The molecule has 33 heavy (non-hydrogen) atoms. The van der Waals surface area contributed by atoms with Crippen LogP contribution in [-0.4, -0.2) is 78.2 Å². The molecule has 8 N–H and O–H groups in total.